The Bertz CT molecular complexity index is 1900. The van der Waals surface area contributed by atoms with E-state index >= 15 is 0 Å². The van der Waals surface area contributed by atoms with Gasteiger partial charge in [-0.1, -0.05) is 118 Å². The van der Waals surface area contributed by atoms with E-state index in [1.54, 1.807) is 0 Å². The minimum Gasteiger partial charge on any atom is -0.310 e. The molecule has 0 fully saturated rings. The second kappa shape index (κ2) is 9.10. The predicted octanol–water partition coefficient (Wildman–Crippen LogP) is 12.2. The molecule has 5 aromatic rings. The molecule has 0 heterocycles. The van der Waals surface area contributed by atoms with Gasteiger partial charge in [-0.15, -0.1) is 0 Å². The van der Waals surface area contributed by atoms with Gasteiger partial charge in [0.2, 0.25) is 0 Å². The van der Waals surface area contributed by atoms with Gasteiger partial charge in [0, 0.05) is 27.9 Å². The highest BCUT2D eigenvalue weighted by molar-refractivity contribution is 6.09. The second-order valence-electron chi connectivity index (χ2n) is 16.4. The van der Waals surface area contributed by atoms with Crippen molar-refractivity contribution in [3.05, 3.63) is 124 Å². The van der Waals surface area contributed by atoms with Crippen molar-refractivity contribution in [1.29, 1.82) is 0 Å². The fraction of sp³-hybridized carbons (Fsp3) is 0.349. The third-order valence-corrected chi connectivity index (χ3v) is 10.7. The maximum atomic E-state index is 2.50. The fourth-order valence-electron chi connectivity index (χ4n) is 7.89. The average Bonchev–Trinajstić information content (AvgIpc) is 3.18. The highest BCUT2D eigenvalue weighted by atomic mass is 15.1. The number of hydrogen-bond donors (Lipinski definition) is 0. The lowest BCUT2D eigenvalue weighted by Gasteiger charge is -2.37. The van der Waals surface area contributed by atoms with Crippen molar-refractivity contribution >= 4 is 27.8 Å². The SMILES string of the molecule is Cc1cc2c3c4c(cccc14)C(C)(C)c1cc(N(c4ccc(C(C)(C)C)cc4)c4ccc(C(C)(C)C)cc4)cc(c1-3)C2(C)C. The van der Waals surface area contributed by atoms with Crippen LogP contribution in [-0.2, 0) is 21.7 Å². The van der Waals surface area contributed by atoms with Crippen LogP contribution in [0.15, 0.2) is 84.9 Å². The summed E-state index contributed by atoms with van der Waals surface area (Å²) in [7, 11) is 0. The Hall–Kier alpha value is -3.84. The highest BCUT2D eigenvalue weighted by Gasteiger charge is 2.45. The minimum atomic E-state index is -0.129. The molecule has 0 spiro atoms. The van der Waals surface area contributed by atoms with Crippen LogP contribution in [0.3, 0.4) is 0 Å². The van der Waals surface area contributed by atoms with Crippen molar-refractivity contribution in [2.24, 2.45) is 0 Å². The largest absolute Gasteiger partial charge is 0.310 e. The predicted molar refractivity (Wildman–Crippen MR) is 190 cm³/mol. The first-order valence-electron chi connectivity index (χ1n) is 16.3. The summed E-state index contributed by atoms with van der Waals surface area (Å²) in [5.74, 6) is 0. The van der Waals surface area contributed by atoms with Gasteiger partial charge in [-0.2, -0.15) is 0 Å². The zero-order valence-corrected chi connectivity index (χ0v) is 28.5. The summed E-state index contributed by atoms with van der Waals surface area (Å²) in [5, 5.41) is 2.86. The monoisotopic (exact) mass is 577 g/mol. The van der Waals surface area contributed by atoms with E-state index in [1.807, 2.05) is 0 Å². The lowest BCUT2D eigenvalue weighted by Crippen LogP contribution is -2.25. The van der Waals surface area contributed by atoms with E-state index < -0.39 is 0 Å². The third-order valence-electron chi connectivity index (χ3n) is 10.7. The number of aryl methyl sites for hydroxylation is 1. The molecule has 1 heteroatoms. The summed E-state index contributed by atoms with van der Waals surface area (Å²) in [4.78, 5) is 2.48. The van der Waals surface area contributed by atoms with Crippen LogP contribution in [0, 0.1) is 6.92 Å². The van der Waals surface area contributed by atoms with Crippen molar-refractivity contribution < 1.29 is 0 Å². The summed E-state index contributed by atoms with van der Waals surface area (Å²) >= 11 is 0. The maximum Gasteiger partial charge on any atom is 0.0468 e. The van der Waals surface area contributed by atoms with E-state index in [9.17, 15) is 0 Å². The molecule has 0 amide bonds. The van der Waals surface area contributed by atoms with E-state index in [2.05, 4.69) is 166 Å². The molecule has 0 saturated carbocycles. The molecule has 0 saturated heterocycles. The fourth-order valence-corrected chi connectivity index (χ4v) is 7.89. The molecule has 7 rings (SSSR count). The summed E-state index contributed by atoms with van der Waals surface area (Å²) < 4.78 is 0. The minimum absolute atomic E-state index is 0.0975. The standard InChI is InChI=1S/C43H47N/c1-26-23-34-39-37-32(26)13-12-14-33(37)42(8,9)35-24-31(25-36(38(35)39)43(34,10)11)44(29-19-15-27(16-20-29)40(2,3)4)30-21-17-28(18-22-30)41(5,6)7/h12-25H,1-11H3. The lowest BCUT2D eigenvalue weighted by atomic mass is 9.68. The third kappa shape index (κ3) is 4.04. The van der Waals surface area contributed by atoms with E-state index in [0.717, 1.165) is 0 Å². The van der Waals surface area contributed by atoms with Crippen molar-refractivity contribution in [3.8, 4) is 11.1 Å². The highest BCUT2D eigenvalue weighted by Crippen LogP contribution is 2.61. The second-order valence-corrected chi connectivity index (χ2v) is 16.4. The van der Waals surface area contributed by atoms with Gasteiger partial charge < -0.3 is 4.90 Å². The molecule has 0 radical (unpaired) electrons. The Morgan fingerprint density at radius 1 is 0.500 bits per heavy atom. The smallest absolute Gasteiger partial charge is 0.0468 e. The molecule has 5 aromatic carbocycles. The number of nitrogens with zero attached hydrogens (tertiary/aromatic N) is 1. The number of benzene rings is 5. The van der Waals surface area contributed by atoms with E-state index in [-0.39, 0.29) is 21.7 Å². The zero-order valence-electron chi connectivity index (χ0n) is 28.5. The van der Waals surface area contributed by atoms with Crippen LogP contribution in [0.2, 0.25) is 0 Å². The van der Waals surface area contributed by atoms with Gasteiger partial charge in [-0.05, 0) is 115 Å². The van der Waals surface area contributed by atoms with Gasteiger partial charge in [-0.3, -0.25) is 0 Å². The van der Waals surface area contributed by atoms with Crippen LogP contribution in [0.5, 0.6) is 0 Å². The first kappa shape index (κ1) is 28.9. The van der Waals surface area contributed by atoms with E-state index in [4.69, 9.17) is 0 Å². The van der Waals surface area contributed by atoms with Crippen molar-refractivity contribution in [3.63, 3.8) is 0 Å². The summed E-state index contributed by atoms with van der Waals surface area (Å²) in [6.07, 6.45) is 0. The Morgan fingerprint density at radius 2 is 0.955 bits per heavy atom. The van der Waals surface area contributed by atoms with Crippen LogP contribution in [0.25, 0.3) is 21.9 Å². The van der Waals surface area contributed by atoms with Gasteiger partial charge in [0.1, 0.15) is 0 Å². The van der Waals surface area contributed by atoms with Crippen LogP contribution in [0.4, 0.5) is 17.1 Å². The van der Waals surface area contributed by atoms with Crippen molar-refractivity contribution in [2.45, 2.75) is 97.8 Å². The van der Waals surface area contributed by atoms with Crippen LogP contribution in [0.1, 0.15) is 108 Å². The van der Waals surface area contributed by atoms with E-state index in [1.165, 1.54) is 77.9 Å². The van der Waals surface area contributed by atoms with Crippen LogP contribution in [-0.4, -0.2) is 0 Å². The Morgan fingerprint density at radius 3 is 1.43 bits per heavy atom. The molecule has 2 aliphatic rings. The number of hydrogen-bond acceptors (Lipinski definition) is 1. The molecular formula is C43H47N. The number of rotatable bonds is 3. The summed E-state index contributed by atoms with van der Waals surface area (Å²) in [6, 6.07) is 32.9. The van der Waals surface area contributed by atoms with Crippen LogP contribution < -0.4 is 4.90 Å². The summed E-state index contributed by atoms with van der Waals surface area (Å²) in [5.41, 5.74) is 16.4. The molecule has 0 bridgehead atoms. The quantitative estimate of drug-likeness (QED) is 0.206. The van der Waals surface area contributed by atoms with Gasteiger partial charge in [-0.25, -0.2) is 0 Å². The zero-order chi connectivity index (χ0) is 31.6. The average molecular weight is 578 g/mol. The van der Waals surface area contributed by atoms with Crippen molar-refractivity contribution in [2.75, 3.05) is 4.90 Å². The molecule has 1 nitrogen and oxygen atoms in total. The lowest BCUT2D eigenvalue weighted by molar-refractivity contribution is 0.590. The first-order chi connectivity index (χ1) is 20.5. The Labute approximate surface area is 265 Å². The number of anilines is 3. The Kier molecular flexibility index (Phi) is 5.98. The molecule has 0 N–H and O–H groups in total. The molecule has 0 atom stereocenters. The first-order valence-corrected chi connectivity index (χ1v) is 16.3. The molecule has 0 aromatic heterocycles. The molecule has 0 unspecified atom stereocenters. The molecule has 44 heavy (non-hydrogen) atoms. The molecule has 0 aliphatic heterocycles. The molecule has 224 valence electrons. The normalized spacial score (nSPS) is 16.0. The van der Waals surface area contributed by atoms with Gasteiger partial charge in [0.15, 0.2) is 0 Å². The molecular weight excluding hydrogens is 530 g/mol. The van der Waals surface area contributed by atoms with Crippen LogP contribution >= 0.6 is 0 Å². The van der Waals surface area contributed by atoms with E-state index in [0.29, 0.717) is 0 Å². The van der Waals surface area contributed by atoms with Crippen molar-refractivity contribution in [1.82, 2.24) is 0 Å². The van der Waals surface area contributed by atoms with Gasteiger partial charge in [0.25, 0.3) is 0 Å². The Balaban J connectivity index is 1.51. The van der Waals surface area contributed by atoms with Gasteiger partial charge >= 0.3 is 0 Å². The van der Waals surface area contributed by atoms with Gasteiger partial charge in [0.05, 0.1) is 0 Å². The summed E-state index contributed by atoms with van der Waals surface area (Å²) in [6.45, 7) is 25.7. The molecule has 2 aliphatic carbocycles. The maximum absolute atomic E-state index is 2.50. The topological polar surface area (TPSA) is 3.24 Å².